The Morgan fingerprint density at radius 2 is 1.88 bits per heavy atom. The summed E-state index contributed by atoms with van der Waals surface area (Å²) in [6.45, 7) is -0.271. The normalized spacial score (nSPS) is 16.2. The minimum Gasteiger partial charge on any atom is -0.477 e. The van der Waals surface area contributed by atoms with Crippen LogP contribution in [0.3, 0.4) is 0 Å². The Labute approximate surface area is 184 Å². The quantitative estimate of drug-likeness (QED) is 0.588. The summed E-state index contributed by atoms with van der Waals surface area (Å²) in [5.74, 6) is -1.64. The average molecular weight is 456 g/mol. The zero-order valence-corrected chi connectivity index (χ0v) is 18.0. The molecule has 0 radical (unpaired) electrons. The summed E-state index contributed by atoms with van der Waals surface area (Å²) in [7, 11) is -3.63. The smallest absolute Gasteiger partial charge is 0.354 e. The van der Waals surface area contributed by atoms with Crippen LogP contribution in [0.5, 0.6) is 0 Å². The monoisotopic (exact) mass is 456 g/mol. The number of sulfonamides is 1. The summed E-state index contributed by atoms with van der Waals surface area (Å²) in [6, 6.07) is 13.8. The zero-order valence-electron chi connectivity index (χ0n) is 17.2. The molecule has 0 amide bonds. The zero-order chi connectivity index (χ0) is 23.0. The molecule has 166 valence electrons. The highest BCUT2D eigenvalue weighted by Gasteiger charge is 2.39. The van der Waals surface area contributed by atoms with Crippen molar-refractivity contribution in [2.24, 2.45) is 0 Å². The lowest BCUT2D eigenvalue weighted by Gasteiger charge is -2.23. The van der Waals surface area contributed by atoms with E-state index >= 15 is 0 Å². The molecule has 3 aromatic rings. The lowest BCUT2D eigenvalue weighted by molar-refractivity contribution is 0.0690. The number of halogens is 1. The summed E-state index contributed by atoms with van der Waals surface area (Å²) in [5.41, 5.74) is 2.66. The molecule has 0 fully saturated rings. The second kappa shape index (κ2) is 8.42. The first-order chi connectivity index (χ1) is 15.2. The molecule has 0 bridgehead atoms. The largest absolute Gasteiger partial charge is 0.477 e. The van der Waals surface area contributed by atoms with Crippen molar-refractivity contribution < 1.29 is 27.8 Å². The number of hydrogen-bond acceptors (Lipinski definition) is 5. The molecule has 1 aliphatic heterocycles. The molecule has 0 unspecified atom stereocenters. The molecule has 9 heteroatoms. The molecule has 0 aliphatic carbocycles. The van der Waals surface area contributed by atoms with E-state index in [1.54, 1.807) is 42.5 Å². The second-order valence-electron chi connectivity index (χ2n) is 7.63. The van der Waals surface area contributed by atoms with Crippen molar-refractivity contribution in [3.05, 3.63) is 77.2 Å². The third kappa shape index (κ3) is 4.02. The van der Waals surface area contributed by atoms with Gasteiger partial charge in [0, 0.05) is 29.8 Å². The molecule has 1 atom stereocenters. The van der Waals surface area contributed by atoms with Gasteiger partial charge in [0.2, 0.25) is 10.0 Å². The van der Waals surface area contributed by atoms with Gasteiger partial charge in [-0.3, -0.25) is 0 Å². The van der Waals surface area contributed by atoms with E-state index in [4.69, 9.17) is 0 Å². The Balaban J connectivity index is 1.94. The topological polar surface area (TPSA) is 108 Å². The van der Waals surface area contributed by atoms with Crippen LogP contribution in [-0.4, -0.2) is 46.8 Å². The number of aromatic nitrogens is 1. The first-order valence-electron chi connectivity index (χ1n) is 9.91. The minimum absolute atomic E-state index is 0.0123. The summed E-state index contributed by atoms with van der Waals surface area (Å²) < 4.78 is 40.4. The van der Waals surface area contributed by atoms with Gasteiger partial charge in [-0.2, -0.15) is 4.31 Å². The molecular formula is C23H21FN2O5S. The number of aliphatic hydroxyl groups is 1. The Morgan fingerprint density at radius 1 is 1.16 bits per heavy atom. The van der Waals surface area contributed by atoms with E-state index in [1.807, 2.05) is 0 Å². The third-order valence-corrected chi connectivity index (χ3v) is 6.76. The summed E-state index contributed by atoms with van der Waals surface area (Å²) >= 11 is 0. The van der Waals surface area contributed by atoms with Crippen LogP contribution < -0.4 is 0 Å². The lowest BCUT2D eigenvalue weighted by Crippen LogP contribution is -2.29. The summed E-state index contributed by atoms with van der Waals surface area (Å²) in [4.78, 5) is 16.0. The first-order valence-corrected chi connectivity index (χ1v) is 11.8. The van der Waals surface area contributed by atoms with E-state index < -0.39 is 27.9 Å². The number of aromatic carboxylic acids is 1. The molecule has 0 saturated heterocycles. The van der Waals surface area contributed by atoms with Crippen LogP contribution in [0.1, 0.15) is 34.1 Å². The highest BCUT2D eigenvalue weighted by atomic mass is 32.2. The van der Waals surface area contributed by atoms with Gasteiger partial charge in [-0.1, -0.05) is 36.4 Å². The number of carboxylic acids is 1. The second-order valence-corrected chi connectivity index (χ2v) is 9.57. The lowest BCUT2D eigenvalue weighted by atomic mass is 9.94. The number of pyridine rings is 1. The number of rotatable bonds is 6. The van der Waals surface area contributed by atoms with E-state index in [0.29, 0.717) is 33.5 Å². The van der Waals surface area contributed by atoms with Gasteiger partial charge in [-0.25, -0.2) is 22.6 Å². The molecule has 0 saturated carbocycles. The fourth-order valence-electron chi connectivity index (χ4n) is 4.15. The van der Waals surface area contributed by atoms with Gasteiger partial charge >= 0.3 is 5.97 Å². The van der Waals surface area contributed by atoms with E-state index in [1.165, 1.54) is 16.4 Å². The molecule has 7 nitrogen and oxygen atoms in total. The number of benzene rings is 2. The minimum atomic E-state index is -3.63. The van der Waals surface area contributed by atoms with Crippen molar-refractivity contribution in [1.82, 2.24) is 9.29 Å². The summed E-state index contributed by atoms with van der Waals surface area (Å²) in [5, 5.41) is 19.2. The fourth-order valence-corrected chi connectivity index (χ4v) is 5.20. The van der Waals surface area contributed by atoms with Crippen LogP contribution in [0, 0.1) is 5.82 Å². The maximum Gasteiger partial charge on any atom is 0.354 e. The van der Waals surface area contributed by atoms with Crippen molar-refractivity contribution in [3.63, 3.8) is 0 Å². The fraction of sp³-hybridized carbons (Fsp3) is 0.217. The third-order valence-electron chi connectivity index (χ3n) is 5.52. The van der Waals surface area contributed by atoms with Crippen LogP contribution in [0.15, 0.2) is 54.6 Å². The molecule has 32 heavy (non-hydrogen) atoms. The van der Waals surface area contributed by atoms with Gasteiger partial charge < -0.3 is 10.2 Å². The number of nitrogens with zero attached hydrogens (tertiary/aromatic N) is 2. The number of aliphatic hydroxyl groups excluding tert-OH is 1. The molecule has 2 N–H and O–H groups in total. The van der Waals surface area contributed by atoms with E-state index in [0.717, 1.165) is 6.26 Å². The molecule has 0 spiro atoms. The highest BCUT2D eigenvalue weighted by Crippen LogP contribution is 2.43. The van der Waals surface area contributed by atoms with Gasteiger partial charge in [0.25, 0.3) is 0 Å². The van der Waals surface area contributed by atoms with Gasteiger partial charge in [-0.15, -0.1) is 0 Å². The number of carboxylic acid groups (broad SMARTS) is 1. The summed E-state index contributed by atoms with van der Waals surface area (Å²) in [6.07, 6.45) is 1.21. The highest BCUT2D eigenvalue weighted by molar-refractivity contribution is 7.88. The van der Waals surface area contributed by atoms with Crippen molar-refractivity contribution in [3.8, 4) is 22.4 Å². The van der Waals surface area contributed by atoms with Crippen molar-refractivity contribution in [2.75, 3.05) is 12.9 Å². The molecule has 1 aromatic heterocycles. The Bertz CT molecular complexity index is 1310. The maximum atomic E-state index is 14.3. The predicted octanol–water partition coefficient (Wildman–Crippen LogP) is 3.45. The SMILES string of the molecule is CS(=O)(=O)N1Cc2cc(C(=O)O)nc(-c3cccc(-c4ccccc4F)c3)c2[C@@H]1CCO. The van der Waals surface area contributed by atoms with Crippen LogP contribution in [0.4, 0.5) is 4.39 Å². The van der Waals surface area contributed by atoms with Crippen LogP contribution in [-0.2, 0) is 16.6 Å². The average Bonchev–Trinajstić information content (AvgIpc) is 3.13. The standard InChI is InChI=1S/C23H21FN2O5S/c1-32(30,31)26-13-16-12-19(23(28)29)25-22(21(16)20(26)9-10-27)15-6-4-5-14(11-15)17-7-2-3-8-18(17)24/h2-8,11-12,20,27H,9-10,13H2,1H3,(H,28,29)/t20-/m0/s1. The van der Waals surface area contributed by atoms with Gasteiger partial charge in [0.1, 0.15) is 11.5 Å². The first kappa shape index (κ1) is 22.1. The molecule has 2 aromatic carbocycles. The Morgan fingerprint density at radius 3 is 2.53 bits per heavy atom. The van der Waals surface area contributed by atoms with Gasteiger partial charge in [0.05, 0.1) is 18.0 Å². The van der Waals surface area contributed by atoms with Gasteiger partial charge in [-0.05, 0) is 35.7 Å². The van der Waals surface area contributed by atoms with Crippen LogP contribution in [0.2, 0.25) is 0 Å². The Hall–Kier alpha value is -3.14. The van der Waals surface area contributed by atoms with Gasteiger partial charge in [0.15, 0.2) is 0 Å². The number of fused-ring (bicyclic) bond motifs is 1. The van der Waals surface area contributed by atoms with E-state index in [-0.39, 0.29) is 25.3 Å². The molecule has 4 rings (SSSR count). The molecule has 2 heterocycles. The number of hydrogen-bond donors (Lipinski definition) is 2. The van der Waals surface area contributed by atoms with E-state index in [9.17, 15) is 27.8 Å². The molecular weight excluding hydrogens is 435 g/mol. The van der Waals surface area contributed by atoms with Crippen LogP contribution in [0.25, 0.3) is 22.4 Å². The number of carbonyl (C=O) groups is 1. The van der Waals surface area contributed by atoms with Crippen molar-refractivity contribution >= 4 is 16.0 Å². The van der Waals surface area contributed by atoms with Crippen molar-refractivity contribution in [1.29, 1.82) is 0 Å². The molecule has 1 aliphatic rings. The van der Waals surface area contributed by atoms with E-state index in [2.05, 4.69) is 4.98 Å². The maximum absolute atomic E-state index is 14.3. The van der Waals surface area contributed by atoms with Crippen molar-refractivity contribution in [2.45, 2.75) is 19.0 Å². The van der Waals surface area contributed by atoms with Crippen LogP contribution >= 0.6 is 0 Å². The Kier molecular flexibility index (Phi) is 5.81. The predicted molar refractivity (Wildman–Crippen MR) is 117 cm³/mol.